The quantitative estimate of drug-likeness (QED) is 0.818. The van der Waals surface area contributed by atoms with Crippen LogP contribution in [0.3, 0.4) is 0 Å². The molecule has 2 rings (SSSR count). The summed E-state index contributed by atoms with van der Waals surface area (Å²) in [6.45, 7) is 0. The van der Waals surface area contributed by atoms with Gasteiger partial charge < -0.3 is 5.32 Å². The van der Waals surface area contributed by atoms with Crippen molar-refractivity contribution in [3.63, 3.8) is 0 Å². The van der Waals surface area contributed by atoms with Crippen molar-refractivity contribution in [3.05, 3.63) is 28.5 Å². The van der Waals surface area contributed by atoms with E-state index in [1.165, 1.54) is 18.6 Å². The first kappa shape index (κ1) is 13.4. The van der Waals surface area contributed by atoms with Crippen LogP contribution >= 0.6 is 15.9 Å². The van der Waals surface area contributed by atoms with E-state index in [0.717, 1.165) is 35.8 Å². The first-order chi connectivity index (χ1) is 8.70. The van der Waals surface area contributed by atoms with Gasteiger partial charge in [0.25, 0.3) is 0 Å². The van der Waals surface area contributed by atoms with Gasteiger partial charge in [-0.1, -0.05) is 19.3 Å². The molecule has 1 aliphatic rings. The van der Waals surface area contributed by atoms with Gasteiger partial charge in [0.15, 0.2) is 0 Å². The number of halogens is 2. The second kappa shape index (κ2) is 6.19. The average molecular weight is 311 g/mol. The van der Waals surface area contributed by atoms with Crippen LogP contribution in [0.15, 0.2) is 22.7 Å². The summed E-state index contributed by atoms with van der Waals surface area (Å²) < 4.78 is 14.1. The predicted octanol–water partition coefficient (Wildman–Crippen LogP) is 4.47. The third kappa shape index (κ3) is 3.23. The summed E-state index contributed by atoms with van der Waals surface area (Å²) in [5, 5.41) is 12.5. The van der Waals surface area contributed by atoms with Crippen molar-refractivity contribution < 1.29 is 4.39 Å². The molecular weight excluding hydrogens is 295 g/mol. The van der Waals surface area contributed by atoms with E-state index < -0.39 is 0 Å². The molecule has 1 saturated carbocycles. The molecular formula is C14H16BrFN2. The number of benzene rings is 1. The molecule has 0 radical (unpaired) electrons. The maximum atomic E-state index is 13.2. The Labute approximate surface area is 115 Å². The van der Waals surface area contributed by atoms with Crippen molar-refractivity contribution in [1.29, 1.82) is 5.26 Å². The smallest absolute Gasteiger partial charge is 0.125 e. The molecule has 0 saturated heterocycles. The summed E-state index contributed by atoms with van der Waals surface area (Å²) in [6, 6.07) is 7.08. The third-order valence-electron chi connectivity index (χ3n) is 3.45. The maximum Gasteiger partial charge on any atom is 0.125 e. The van der Waals surface area contributed by atoms with Crippen LogP contribution in [0.5, 0.6) is 0 Å². The Morgan fingerprint density at radius 2 is 2.06 bits per heavy atom. The van der Waals surface area contributed by atoms with Crippen LogP contribution < -0.4 is 5.32 Å². The summed E-state index contributed by atoms with van der Waals surface area (Å²) in [5.41, 5.74) is 0.738. The second-order valence-corrected chi connectivity index (χ2v) is 5.60. The van der Waals surface area contributed by atoms with E-state index in [1.54, 1.807) is 6.07 Å². The fraction of sp³-hybridized carbons (Fsp3) is 0.500. The van der Waals surface area contributed by atoms with Crippen molar-refractivity contribution in [2.75, 3.05) is 5.32 Å². The highest BCUT2D eigenvalue weighted by atomic mass is 79.9. The topological polar surface area (TPSA) is 35.8 Å². The standard InChI is InChI=1S/C14H16BrFN2/c15-12-7-6-11(16)8-14(12)18-13-5-3-1-2-4-10(13)9-17/h6-8,10,13,18H,1-5H2. The van der Waals surface area contributed by atoms with Crippen LogP contribution in [0.4, 0.5) is 10.1 Å². The van der Waals surface area contributed by atoms with Gasteiger partial charge in [0.05, 0.1) is 17.7 Å². The average Bonchev–Trinajstić information content (AvgIpc) is 2.59. The van der Waals surface area contributed by atoms with Gasteiger partial charge in [-0.2, -0.15) is 5.26 Å². The molecule has 2 unspecified atom stereocenters. The van der Waals surface area contributed by atoms with Crippen molar-refractivity contribution >= 4 is 21.6 Å². The van der Waals surface area contributed by atoms with E-state index in [2.05, 4.69) is 27.3 Å². The first-order valence-electron chi connectivity index (χ1n) is 6.32. The van der Waals surface area contributed by atoms with Gasteiger partial charge in [0.2, 0.25) is 0 Å². The lowest BCUT2D eigenvalue weighted by atomic mass is 9.96. The minimum atomic E-state index is -0.261. The first-order valence-corrected chi connectivity index (χ1v) is 7.11. The molecule has 0 amide bonds. The fourth-order valence-electron chi connectivity index (χ4n) is 2.44. The number of hydrogen-bond acceptors (Lipinski definition) is 2. The number of nitrogens with zero attached hydrogens (tertiary/aromatic N) is 1. The zero-order valence-electron chi connectivity index (χ0n) is 10.1. The van der Waals surface area contributed by atoms with Crippen LogP contribution in [0, 0.1) is 23.1 Å². The molecule has 1 aliphatic carbocycles. The Bertz CT molecular complexity index is 456. The lowest BCUT2D eigenvalue weighted by Crippen LogP contribution is -2.27. The zero-order valence-corrected chi connectivity index (χ0v) is 11.7. The predicted molar refractivity (Wildman–Crippen MR) is 73.7 cm³/mol. The van der Waals surface area contributed by atoms with Gasteiger partial charge in [0.1, 0.15) is 5.82 Å². The zero-order chi connectivity index (χ0) is 13.0. The van der Waals surface area contributed by atoms with Gasteiger partial charge in [-0.25, -0.2) is 4.39 Å². The number of rotatable bonds is 2. The van der Waals surface area contributed by atoms with Gasteiger partial charge in [-0.15, -0.1) is 0 Å². The molecule has 0 bridgehead atoms. The Kier molecular flexibility index (Phi) is 4.60. The van der Waals surface area contributed by atoms with E-state index in [1.807, 2.05) is 0 Å². The number of anilines is 1. The molecule has 1 aromatic rings. The largest absolute Gasteiger partial charge is 0.380 e. The van der Waals surface area contributed by atoms with E-state index in [-0.39, 0.29) is 17.8 Å². The molecule has 0 aliphatic heterocycles. The van der Waals surface area contributed by atoms with Gasteiger partial charge in [-0.05, 0) is 47.0 Å². The van der Waals surface area contributed by atoms with E-state index in [4.69, 9.17) is 0 Å². The highest BCUT2D eigenvalue weighted by Gasteiger charge is 2.23. The van der Waals surface area contributed by atoms with E-state index in [0.29, 0.717) is 0 Å². The molecule has 0 spiro atoms. The number of hydrogen-bond donors (Lipinski definition) is 1. The molecule has 2 nitrogen and oxygen atoms in total. The van der Waals surface area contributed by atoms with Crippen molar-refractivity contribution in [1.82, 2.24) is 0 Å². The molecule has 18 heavy (non-hydrogen) atoms. The molecule has 1 N–H and O–H groups in total. The van der Waals surface area contributed by atoms with Crippen molar-refractivity contribution in [3.8, 4) is 6.07 Å². The normalized spacial score (nSPS) is 24.1. The van der Waals surface area contributed by atoms with Crippen LogP contribution in [-0.2, 0) is 0 Å². The van der Waals surface area contributed by atoms with Crippen molar-refractivity contribution in [2.24, 2.45) is 5.92 Å². The highest BCUT2D eigenvalue weighted by molar-refractivity contribution is 9.10. The molecule has 4 heteroatoms. The maximum absolute atomic E-state index is 13.2. The SMILES string of the molecule is N#CC1CCCCCC1Nc1cc(F)ccc1Br. The van der Waals surface area contributed by atoms with Crippen LogP contribution in [0.25, 0.3) is 0 Å². The summed E-state index contributed by atoms with van der Waals surface area (Å²) in [5.74, 6) is -0.245. The summed E-state index contributed by atoms with van der Waals surface area (Å²) >= 11 is 3.41. The number of nitriles is 1. The number of nitrogens with one attached hydrogen (secondary N) is 1. The van der Waals surface area contributed by atoms with Crippen LogP contribution in [-0.4, -0.2) is 6.04 Å². The minimum Gasteiger partial charge on any atom is -0.380 e. The van der Waals surface area contributed by atoms with Gasteiger partial charge in [-0.3, -0.25) is 0 Å². The van der Waals surface area contributed by atoms with Crippen molar-refractivity contribution in [2.45, 2.75) is 38.1 Å². The third-order valence-corrected chi connectivity index (χ3v) is 4.14. The second-order valence-electron chi connectivity index (χ2n) is 4.75. The van der Waals surface area contributed by atoms with E-state index >= 15 is 0 Å². The fourth-order valence-corrected chi connectivity index (χ4v) is 2.80. The van der Waals surface area contributed by atoms with Crippen LogP contribution in [0.2, 0.25) is 0 Å². The van der Waals surface area contributed by atoms with Crippen LogP contribution in [0.1, 0.15) is 32.1 Å². The Morgan fingerprint density at radius 1 is 1.28 bits per heavy atom. The lowest BCUT2D eigenvalue weighted by molar-refractivity contribution is 0.513. The van der Waals surface area contributed by atoms with Gasteiger partial charge in [0, 0.05) is 10.5 Å². The Morgan fingerprint density at radius 3 is 2.83 bits per heavy atom. The lowest BCUT2D eigenvalue weighted by Gasteiger charge is -2.22. The summed E-state index contributed by atoms with van der Waals surface area (Å²) in [7, 11) is 0. The summed E-state index contributed by atoms with van der Waals surface area (Å²) in [4.78, 5) is 0. The monoisotopic (exact) mass is 310 g/mol. The molecule has 2 atom stereocenters. The molecule has 0 heterocycles. The molecule has 0 aromatic heterocycles. The molecule has 1 aromatic carbocycles. The Hall–Kier alpha value is -1.08. The Balaban J connectivity index is 2.15. The summed E-state index contributed by atoms with van der Waals surface area (Å²) in [6.07, 6.45) is 5.33. The highest BCUT2D eigenvalue weighted by Crippen LogP contribution is 2.29. The van der Waals surface area contributed by atoms with Gasteiger partial charge >= 0.3 is 0 Å². The molecule has 1 fully saturated rings. The molecule has 96 valence electrons. The minimum absolute atomic E-state index is 0.0164. The van der Waals surface area contributed by atoms with E-state index in [9.17, 15) is 9.65 Å².